The Bertz CT molecular complexity index is 664. The number of amides is 1. The molecule has 0 radical (unpaired) electrons. The molecular formula is C13H13BrClN3O2. The van der Waals surface area contributed by atoms with Crippen LogP contribution in [0.3, 0.4) is 0 Å². The zero-order valence-electron chi connectivity index (χ0n) is 10.7. The van der Waals surface area contributed by atoms with Crippen molar-refractivity contribution in [3.05, 3.63) is 27.7 Å². The van der Waals surface area contributed by atoms with Crippen molar-refractivity contribution in [1.29, 1.82) is 0 Å². The summed E-state index contributed by atoms with van der Waals surface area (Å²) >= 11 is 9.65. The zero-order chi connectivity index (χ0) is 14.7. The van der Waals surface area contributed by atoms with Crippen LogP contribution in [0.1, 0.15) is 6.92 Å². The van der Waals surface area contributed by atoms with Crippen molar-refractivity contribution in [3.63, 3.8) is 0 Å². The second kappa shape index (κ2) is 6.39. The maximum Gasteiger partial charge on any atom is 0.250 e. The average Bonchev–Trinajstić information content (AvgIpc) is 2.40. The van der Waals surface area contributed by atoms with Crippen LogP contribution < -0.4 is 11.1 Å². The number of halogens is 2. The number of nitrogens with two attached hydrogens (primary N) is 1. The summed E-state index contributed by atoms with van der Waals surface area (Å²) in [7, 11) is 0. The predicted molar refractivity (Wildman–Crippen MR) is 84.0 cm³/mol. The van der Waals surface area contributed by atoms with Crippen molar-refractivity contribution >= 4 is 55.8 Å². The Kier molecular flexibility index (Phi) is 4.80. The lowest BCUT2D eigenvalue weighted by atomic mass is 10.2. The number of carbonyl (C=O) groups excluding carboxylic acids is 1. The van der Waals surface area contributed by atoms with Gasteiger partial charge in [-0.3, -0.25) is 4.79 Å². The molecule has 0 aliphatic rings. The third-order valence-corrected chi connectivity index (χ3v) is 3.50. The Morgan fingerprint density at radius 2 is 2.30 bits per heavy atom. The van der Waals surface area contributed by atoms with Crippen LogP contribution in [0.5, 0.6) is 0 Å². The standard InChI is InChI=1S/C13H13BrClN3O2/c1-2-20-6-10(19)18-12-11(15)8-4-3-7(14)5-9(8)17-13(12)16/h3-5H,2,6H2,1H3,(H2,16,17)(H,18,19). The molecule has 0 spiro atoms. The van der Waals surface area contributed by atoms with E-state index in [1.807, 2.05) is 25.1 Å². The number of nitrogens with one attached hydrogen (secondary N) is 1. The maximum atomic E-state index is 11.7. The molecule has 1 heterocycles. The smallest absolute Gasteiger partial charge is 0.250 e. The first-order valence-corrected chi connectivity index (χ1v) is 7.11. The van der Waals surface area contributed by atoms with Gasteiger partial charge in [-0.05, 0) is 19.1 Å². The van der Waals surface area contributed by atoms with Crippen LogP contribution in [0.4, 0.5) is 11.5 Å². The number of fused-ring (bicyclic) bond motifs is 1. The highest BCUT2D eigenvalue weighted by molar-refractivity contribution is 9.10. The molecule has 0 aliphatic carbocycles. The molecule has 3 N–H and O–H groups in total. The van der Waals surface area contributed by atoms with Gasteiger partial charge in [0.1, 0.15) is 18.1 Å². The molecule has 0 fully saturated rings. The fourth-order valence-electron chi connectivity index (χ4n) is 1.70. The van der Waals surface area contributed by atoms with E-state index >= 15 is 0 Å². The number of hydrogen-bond acceptors (Lipinski definition) is 4. The van der Waals surface area contributed by atoms with Gasteiger partial charge in [-0.25, -0.2) is 4.98 Å². The van der Waals surface area contributed by atoms with E-state index in [1.54, 1.807) is 0 Å². The fourth-order valence-corrected chi connectivity index (χ4v) is 2.36. The van der Waals surface area contributed by atoms with Gasteiger partial charge < -0.3 is 15.8 Å². The number of nitrogens with zero attached hydrogens (tertiary/aromatic N) is 1. The van der Waals surface area contributed by atoms with Gasteiger partial charge in [-0.15, -0.1) is 0 Å². The number of rotatable bonds is 4. The summed E-state index contributed by atoms with van der Waals surface area (Å²) in [6.45, 7) is 2.22. The number of hydrogen-bond donors (Lipinski definition) is 2. The topological polar surface area (TPSA) is 77.2 Å². The maximum absolute atomic E-state index is 11.7. The monoisotopic (exact) mass is 357 g/mol. The number of pyridine rings is 1. The third kappa shape index (κ3) is 3.20. The van der Waals surface area contributed by atoms with Crippen LogP contribution in [0.25, 0.3) is 10.9 Å². The van der Waals surface area contributed by atoms with Crippen molar-refractivity contribution in [3.8, 4) is 0 Å². The van der Waals surface area contributed by atoms with E-state index in [0.29, 0.717) is 22.8 Å². The largest absolute Gasteiger partial charge is 0.382 e. The van der Waals surface area contributed by atoms with Gasteiger partial charge in [0.15, 0.2) is 0 Å². The molecule has 1 aromatic carbocycles. The molecule has 2 rings (SSSR count). The molecule has 0 bridgehead atoms. The van der Waals surface area contributed by atoms with Gasteiger partial charge in [0.05, 0.1) is 10.5 Å². The first-order valence-electron chi connectivity index (χ1n) is 5.94. The molecule has 5 nitrogen and oxygen atoms in total. The molecule has 0 saturated carbocycles. The highest BCUT2D eigenvalue weighted by Crippen LogP contribution is 2.35. The van der Waals surface area contributed by atoms with Crippen LogP contribution in [-0.4, -0.2) is 24.1 Å². The molecule has 0 saturated heterocycles. The molecule has 106 valence electrons. The van der Waals surface area contributed by atoms with Crippen molar-refractivity contribution in [2.24, 2.45) is 0 Å². The van der Waals surface area contributed by atoms with Gasteiger partial charge >= 0.3 is 0 Å². The zero-order valence-corrected chi connectivity index (χ0v) is 13.1. The van der Waals surface area contributed by atoms with Gasteiger partial charge in [0.2, 0.25) is 0 Å². The Labute approximate surface area is 129 Å². The van der Waals surface area contributed by atoms with E-state index in [0.717, 1.165) is 9.86 Å². The van der Waals surface area contributed by atoms with Gasteiger partial charge in [-0.1, -0.05) is 33.6 Å². The minimum absolute atomic E-state index is 0.0509. The second-order valence-corrected chi connectivity index (χ2v) is 5.33. The van der Waals surface area contributed by atoms with E-state index in [1.165, 1.54) is 0 Å². The summed E-state index contributed by atoms with van der Waals surface area (Å²) in [6, 6.07) is 5.47. The average molecular weight is 359 g/mol. The van der Waals surface area contributed by atoms with Gasteiger partial charge in [0, 0.05) is 16.5 Å². The van der Waals surface area contributed by atoms with E-state index in [-0.39, 0.29) is 18.3 Å². The lowest BCUT2D eigenvalue weighted by Crippen LogP contribution is -2.19. The summed E-state index contributed by atoms with van der Waals surface area (Å²) in [6.07, 6.45) is 0. The van der Waals surface area contributed by atoms with E-state index in [9.17, 15) is 4.79 Å². The number of benzene rings is 1. The fraction of sp³-hybridized carbons (Fsp3) is 0.231. The molecule has 20 heavy (non-hydrogen) atoms. The van der Waals surface area contributed by atoms with Gasteiger partial charge in [-0.2, -0.15) is 0 Å². The van der Waals surface area contributed by atoms with E-state index in [4.69, 9.17) is 22.1 Å². The summed E-state index contributed by atoms with van der Waals surface area (Å²) in [4.78, 5) is 15.9. The van der Waals surface area contributed by atoms with Crippen molar-refractivity contribution < 1.29 is 9.53 Å². The van der Waals surface area contributed by atoms with Crippen LogP contribution in [0, 0.1) is 0 Å². The normalized spacial score (nSPS) is 10.8. The van der Waals surface area contributed by atoms with E-state index in [2.05, 4.69) is 26.2 Å². The second-order valence-electron chi connectivity index (χ2n) is 4.03. The summed E-state index contributed by atoms with van der Waals surface area (Å²) in [5, 5.41) is 3.71. The van der Waals surface area contributed by atoms with E-state index < -0.39 is 0 Å². The minimum Gasteiger partial charge on any atom is -0.382 e. The summed E-state index contributed by atoms with van der Waals surface area (Å²) in [5.74, 6) is -0.149. The SMILES string of the molecule is CCOCC(=O)Nc1c(N)nc2cc(Br)ccc2c1Cl. The lowest BCUT2D eigenvalue weighted by molar-refractivity contribution is -0.120. The molecule has 1 amide bonds. The Morgan fingerprint density at radius 1 is 1.55 bits per heavy atom. The highest BCUT2D eigenvalue weighted by atomic mass is 79.9. The Hall–Kier alpha value is -1.37. The predicted octanol–water partition coefficient (Wildman–Crippen LogP) is 3.21. The third-order valence-electron chi connectivity index (χ3n) is 2.61. The van der Waals surface area contributed by atoms with Crippen LogP contribution in [-0.2, 0) is 9.53 Å². The van der Waals surface area contributed by atoms with Gasteiger partial charge in [0.25, 0.3) is 5.91 Å². The van der Waals surface area contributed by atoms with Crippen molar-refractivity contribution in [2.75, 3.05) is 24.3 Å². The Balaban J connectivity index is 2.39. The molecular weight excluding hydrogens is 346 g/mol. The summed E-state index contributed by atoms with van der Waals surface area (Å²) < 4.78 is 5.90. The molecule has 1 aromatic heterocycles. The molecule has 2 aromatic rings. The van der Waals surface area contributed by atoms with Crippen molar-refractivity contribution in [1.82, 2.24) is 4.98 Å². The number of nitrogen functional groups attached to an aromatic ring is 1. The summed E-state index contributed by atoms with van der Waals surface area (Å²) in [5.41, 5.74) is 6.82. The van der Waals surface area contributed by atoms with Crippen LogP contribution in [0.2, 0.25) is 5.02 Å². The molecule has 0 unspecified atom stereocenters. The first kappa shape index (κ1) is 15.0. The highest BCUT2D eigenvalue weighted by Gasteiger charge is 2.14. The Morgan fingerprint density at radius 3 is 3.00 bits per heavy atom. The molecule has 0 aliphatic heterocycles. The lowest BCUT2D eigenvalue weighted by Gasteiger charge is -2.12. The molecule has 7 heteroatoms. The quantitative estimate of drug-likeness (QED) is 0.880. The minimum atomic E-state index is -0.321. The van der Waals surface area contributed by atoms with Crippen LogP contribution >= 0.6 is 27.5 Å². The number of ether oxygens (including phenoxy) is 1. The number of aromatic nitrogens is 1. The number of carbonyl (C=O) groups is 1. The molecule has 0 atom stereocenters. The number of anilines is 2. The van der Waals surface area contributed by atoms with Crippen LogP contribution in [0.15, 0.2) is 22.7 Å². The van der Waals surface area contributed by atoms with Crippen molar-refractivity contribution in [2.45, 2.75) is 6.92 Å². The first-order chi connectivity index (χ1) is 9.52.